The largest absolute Gasteiger partial charge is 0.325 e. The van der Waals surface area contributed by atoms with E-state index < -0.39 is 10.0 Å². The summed E-state index contributed by atoms with van der Waals surface area (Å²) in [7, 11) is -3.58. The minimum absolute atomic E-state index is 0.0832. The van der Waals surface area contributed by atoms with E-state index in [1.807, 2.05) is 13.8 Å². The average Bonchev–Trinajstić information content (AvgIpc) is 2.37. The van der Waals surface area contributed by atoms with E-state index in [9.17, 15) is 13.2 Å². The van der Waals surface area contributed by atoms with Crippen LogP contribution in [0.2, 0.25) is 5.02 Å². The Labute approximate surface area is 124 Å². The first-order valence-electron chi connectivity index (χ1n) is 6.33. The van der Waals surface area contributed by atoms with Crippen LogP contribution in [0.1, 0.15) is 27.2 Å². The van der Waals surface area contributed by atoms with E-state index >= 15 is 0 Å². The molecule has 0 saturated heterocycles. The molecule has 1 aromatic rings. The summed E-state index contributed by atoms with van der Waals surface area (Å²) >= 11 is 5.96. The zero-order valence-electron chi connectivity index (χ0n) is 11.7. The van der Waals surface area contributed by atoms with Gasteiger partial charge in [0, 0.05) is 13.5 Å². The molecule has 1 aromatic carbocycles. The highest BCUT2D eigenvalue weighted by Gasteiger charge is 2.16. The Morgan fingerprint density at radius 1 is 1.40 bits per heavy atom. The molecular formula is C13H19ClN2O3S. The summed E-state index contributed by atoms with van der Waals surface area (Å²) in [6.45, 7) is 5.70. The molecular weight excluding hydrogens is 300 g/mol. The van der Waals surface area contributed by atoms with E-state index in [1.54, 1.807) is 0 Å². The smallest absolute Gasteiger partial charge is 0.240 e. The molecule has 20 heavy (non-hydrogen) atoms. The van der Waals surface area contributed by atoms with Crippen LogP contribution in [0, 0.1) is 5.92 Å². The van der Waals surface area contributed by atoms with Gasteiger partial charge in [-0.3, -0.25) is 4.79 Å². The number of carbonyl (C=O) groups excluding carboxylic acids is 1. The molecule has 0 aliphatic heterocycles. The van der Waals surface area contributed by atoms with Gasteiger partial charge in [-0.05, 0) is 24.1 Å². The molecule has 1 unspecified atom stereocenters. The topological polar surface area (TPSA) is 75.3 Å². The minimum atomic E-state index is -3.58. The van der Waals surface area contributed by atoms with Gasteiger partial charge in [-0.25, -0.2) is 13.1 Å². The van der Waals surface area contributed by atoms with Gasteiger partial charge in [0.2, 0.25) is 15.9 Å². The first kappa shape index (κ1) is 16.9. The van der Waals surface area contributed by atoms with Crippen molar-refractivity contribution >= 4 is 33.2 Å². The lowest BCUT2D eigenvalue weighted by molar-refractivity contribution is -0.114. The summed E-state index contributed by atoms with van der Waals surface area (Å²) in [6.07, 6.45) is 0.894. The van der Waals surface area contributed by atoms with E-state index in [-0.39, 0.29) is 21.7 Å². The van der Waals surface area contributed by atoms with Crippen molar-refractivity contribution in [2.75, 3.05) is 11.9 Å². The van der Waals surface area contributed by atoms with Gasteiger partial charge in [0.05, 0.1) is 15.6 Å². The van der Waals surface area contributed by atoms with E-state index in [1.165, 1.54) is 25.1 Å². The number of rotatable bonds is 6. The van der Waals surface area contributed by atoms with E-state index in [0.29, 0.717) is 12.2 Å². The highest BCUT2D eigenvalue weighted by molar-refractivity contribution is 7.89. The van der Waals surface area contributed by atoms with Crippen molar-refractivity contribution in [3.63, 3.8) is 0 Å². The first-order valence-corrected chi connectivity index (χ1v) is 8.19. The molecule has 0 fully saturated rings. The molecule has 5 nitrogen and oxygen atoms in total. The van der Waals surface area contributed by atoms with Gasteiger partial charge in [0.1, 0.15) is 0 Å². The molecule has 0 heterocycles. The van der Waals surface area contributed by atoms with Gasteiger partial charge in [-0.1, -0.05) is 31.9 Å². The second kappa shape index (κ2) is 7.06. The first-order chi connectivity index (χ1) is 9.26. The highest BCUT2D eigenvalue weighted by atomic mass is 35.5. The number of amides is 1. The normalized spacial score (nSPS) is 13.0. The summed E-state index contributed by atoms with van der Waals surface area (Å²) in [5.74, 6) is -0.00342. The Bertz CT molecular complexity index is 587. The minimum Gasteiger partial charge on any atom is -0.325 e. The van der Waals surface area contributed by atoms with Crippen LogP contribution in [-0.2, 0) is 14.8 Å². The lowest BCUT2D eigenvalue weighted by atomic mass is 10.1. The lowest BCUT2D eigenvalue weighted by Crippen LogP contribution is -2.28. The van der Waals surface area contributed by atoms with Crippen molar-refractivity contribution in [2.24, 2.45) is 5.92 Å². The molecule has 0 bridgehead atoms. The predicted octanol–water partition coefficient (Wildman–Crippen LogP) is 2.62. The number of anilines is 1. The van der Waals surface area contributed by atoms with Gasteiger partial charge in [-0.2, -0.15) is 0 Å². The molecule has 0 aliphatic carbocycles. The SMILES string of the molecule is CCC(C)CNS(=O)(=O)c1ccc(NC(C)=O)c(Cl)c1. The fourth-order valence-corrected chi connectivity index (χ4v) is 2.92. The fourth-order valence-electron chi connectivity index (χ4n) is 1.43. The van der Waals surface area contributed by atoms with Crippen LogP contribution >= 0.6 is 11.6 Å². The maximum atomic E-state index is 12.1. The maximum Gasteiger partial charge on any atom is 0.240 e. The van der Waals surface area contributed by atoms with Crippen LogP contribution in [0.15, 0.2) is 23.1 Å². The summed E-state index contributed by atoms with van der Waals surface area (Å²) in [4.78, 5) is 11.0. The van der Waals surface area contributed by atoms with Crippen LogP contribution in [0.4, 0.5) is 5.69 Å². The van der Waals surface area contributed by atoms with Crippen LogP contribution in [0.3, 0.4) is 0 Å². The average molecular weight is 319 g/mol. The van der Waals surface area contributed by atoms with Crippen LogP contribution in [0.25, 0.3) is 0 Å². The van der Waals surface area contributed by atoms with Crippen molar-refractivity contribution < 1.29 is 13.2 Å². The van der Waals surface area contributed by atoms with Gasteiger partial charge in [-0.15, -0.1) is 0 Å². The number of sulfonamides is 1. The summed E-state index contributed by atoms with van der Waals surface area (Å²) < 4.78 is 26.7. The van der Waals surface area contributed by atoms with E-state index in [0.717, 1.165) is 6.42 Å². The molecule has 1 atom stereocenters. The Morgan fingerprint density at radius 3 is 2.55 bits per heavy atom. The van der Waals surface area contributed by atoms with Gasteiger partial charge < -0.3 is 5.32 Å². The predicted molar refractivity (Wildman–Crippen MR) is 80.4 cm³/mol. The van der Waals surface area contributed by atoms with E-state index in [2.05, 4.69) is 10.0 Å². The molecule has 2 N–H and O–H groups in total. The van der Waals surface area contributed by atoms with Gasteiger partial charge in [0.15, 0.2) is 0 Å². The summed E-state index contributed by atoms with van der Waals surface area (Å²) in [5, 5.41) is 2.71. The zero-order chi connectivity index (χ0) is 15.3. The monoisotopic (exact) mass is 318 g/mol. The molecule has 1 rings (SSSR count). The van der Waals surface area contributed by atoms with Crippen molar-refractivity contribution in [1.29, 1.82) is 0 Å². The van der Waals surface area contributed by atoms with Crippen LogP contribution in [-0.4, -0.2) is 20.9 Å². The molecule has 7 heteroatoms. The lowest BCUT2D eigenvalue weighted by Gasteiger charge is -2.12. The Morgan fingerprint density at radius 2 is 2.05 bits per heavy atom. The van der Waals surface area contributed by atoms with Crippen LogP contribution < -0.4 is 10.0 Å². The van der Waals surface area contributed by atoms with Crippen LogP contribution in [0.5, 0.6) is 0 Å². The maximum absolute atomic E-state index is 12.1. The number of carbonyl (C=O) groups is 1. The molecule has 0 aromatic heterocycles. The van der Waals surface area contributed by atoms with Crippen molar-refractivity contribution in [3.05, 3.63) is 23.2 Å². The molecule has 0 aliphatic rings. The van der Waals surface area contributed by atoms with Crippen molar-refractivity contribution in [3.8, 4) is 0 Å². The molecule has 0 saturated carbocycles. The molecule has 0 radical (unpaired) electrons. The number of halogens is 1. The van der Waals surface area contributed by atoms with Gasteiger partial charge >= 0.3 is 0 Å². The molecule has 0 spiro atoms. The molecule has 112 valence electrons. The standard InChI is InChI=1S/C13H19ClN2O3S/c1-4-9(2)8-15-20(18,19)11-5-6-13(12(14)7-11)16-10(3)17/h5-7,9,15H,4,8H2,1-3H3,(H,16,17). The number of hydrogen-bond acceptors (Lipinski definition) is 3. The number of nitrogens with one attached hydrogen (secondary N) is 2. The Hall–Kier alpha value is -1.11. The third-order valence-corrected chi connectivity index (χ3v) is 4.61. The summed E-state index contributed by atoms with van der Waals surface area (Å²) in [6, 6.07) is 4.21. The second-order valence-electron chi connectivity index (χ2n) is 4.69. The Kier molecular flexibility index (Phi) is 5.98. The Balaban J connectivity index is 2.91. The quantitative estimate of drug-likeness (QED) is 0.846. The second-order valence-corrected chi connectivity index (χ2v) is 6.86. The van der Waals surface area contributed by atoms with Crippen molar-refractivity contribution in [2.45, 2.75) is 32.1 Å². The van der Waals surface area contributed by atoms with Gasteiger partial charge in [0.25, 0.3) is 0 Å². The summed E-state index contributed by atoms with van der Waals surface area (Å²) in [5.41, 5.74) is 0.389. The fraction of sp³-hybridized carbons (Fsp3) is 0.462. The van der Waals surface area contributed by atoms with E-state index in [4.69, 9.17) is 11.6 Å². The number of hydrogen-bond donors (Lipinski definition) is 2. The molecule has 1 amide bonds. The third kappa shape index (κ3) is 4.77. The zero-order valence-corrected chi connectivity index (χ0v) is 13.3. The third-order valence-electron chi connectivity index (χ3n) is 2.88. The number of benzene rings is 1. The van der Waals surface area contributed by atoms with Crippen molar-refractivity contribution in [1.82, 2.24) is 4.72 Å². The highest BCUT2D eigenvalue weighted by Crippen LogP contribution is 2.25.